The highest BCUT2D eigenvalue weighted by atomic mass is 15.1. The first-order chi connectivity index (χ1) is 12.9. The molecule has 130 valence electrons. The molecule has 1 aliphatic rings. The van der Waals surface area contributed by atoms with Gasteiger partial charge in [-0.1, -0.05) is 6.07 Å². The maximum absolute atomic E-state index is 4.78. The van der Waals surface area contributed by atoms with Crippen LogP contribution >= 0.6 is 0 Å². The van der Waals surface area contributed by atoms with Crippen LogP contribution in [0, 0.1) is 0 Å². The zero-order valence-electron chi connectivity index (χ0n) is 14.2. The summed E-state index contributed by atoms with van der Waals surface area (Å²) in [5.74, 6) is 1.74. The van der Waals surface area contributed by atoms with Gasteiger partial charge in [0, 0.05) is 36.7 Å². The fourth-order valence-corrected chi connectivity index (χ4v) is 3.39. The number of nitrogens with zero attached hydrogens (tertiary/aromatic N) is 4. The van der Waals surface area contributed by atoms with Crippen LogP contribution in [0.1, 0.15) is 6.42 Å². The van der Waals surface area contributed by atoms with Gasteiger partial charge in [-0.05, 0) is 37.2 Å². The van der Waals surface area contributed by atoms with E-state index in [1.54, 1.807) is 6.20 Å². The van der Waals surface area contributed by atoms with Crippen LogP contribution in [-0.4, -0.2) is 43.5 Å². The molecule has 26 heavy (non-hydrogen) atoms. The van der Waals surface area contributed by atoms with Crippen LogP contribution in [0.4, 0.5) is 5.82 Å². The minimum atomic E-state index is 0.441. The molecule has 1 unspecified atom stereocenters. The highest BCUT2D eigenvalue weighted by Crippen LogP contribution is 2.23. The van der Waals surface area contributed by atoms with E-state index in [1.165, 1.54) is 0 Å². The van der Waals surface area contributed by atoms with E-state index in [0.717, 1.165) is 53.8 Å². The van der Waals surface area contributed by atoms with Crippen LogP contribution in [0.5, 0.6) is 0 Å². The number of pyridine rings is 2. The Hall–Kier alpha value is -3.19. The first-order valence-electron chi connectivity index (χ1n) is 8.78. The van der Waals surface area contributed by atoms with Gasteiger partial charge in [0.2, 0.25) is 0 Å². The lowest BCUT2D eigenvalue weighted by Gasteiger charge is -2.12. The molecule has 0 bridgehead atoms. The molecule has 1 fully saturated rings. The summed E-state index contributed by atoms with van der Waals surface area (Å²) in [5.41, 5.74) is 3.75. The monoisotopic (exact) mass is 345 g/mol. The minimum Gasteiger partial charge on any atom is -0.366 e. The zero-order valence-corrected chi connectivity index (χ0v) is 14.2. The van der Waals surface area contributed by atoms with Crippen molar-refractivity contribution in [2.24, 2.45) is 0 Å². The van der Waals surface area contributed by atoms with E-state index in [4.69, 9.17) is 4.98 Å². The summed E-state index contributed by atoms with van der Waals surface area (Å²) in [4.78, 5) is 16.8. The Morgan fingerprint density at radius 2 is 2.19 bits per heavy atom. The van der Waals surface area contributed by atoms with E-state index in [1.807, 2.05) is 48.9 Å². The van der Waals surface area contributed by atoms with Gasteiger partial charge in [-0.2, -0.15) is 0 Å². The molecule has 4 aromatic heterocycles. The van der Waals surface area contributed by atoms with Crippen molar-refractivity contribution < 1.29 is 0 Å². The molecule has 3 N–H and O–H groups in total. The number of anilines is 1. The highest BCUT2D eigenvalue weighted by molar-refractivity contribution is 5.67. The van der Waals surface area contributed by atoms with Crippen molar-refractivity contribution in [3.8, 4) is 22.8 Å². The third-order valence-electron chi connectivity index (χ3n) is 4.71. The quantitative estimate of drug-likeness (QED) is 0.529. The van der Waals surface area contributed by atoms with E-state index in [0.29, 0.717) is 6.04 Å². The fraction of sp³-hybridized carbons (Fsp3) is 0.211. The van der Waals surface area contributed by atoms with E-state index in [2.05, 4.69) is 30.0 Å². The Morgan fingerprint density at radius 3 is 3.04 bits per heavy atom. The number of aromatic amines is 1. The highest BCUT2D eigenvalue weighted by Gasteiger charge is 2.15. The van der Waals surface area contributed by atoms with Crippen molar-refractivity contribution >= 4 is 11.5 Å². The molecule has 0 aromatic carbocycles. The number of hydrogen-bond donors (Lipinski definition) is 3. The van der Waals surface area contributed by atoms with Crippen molar-refractivity contribution in [3.05, 3.63) is 55.1 Å². The van der Waals surface area contributed by atoms with Gasteiger partial charge in [0.15, 0.2) is 0 Å². The Bertz CT molecular complexity index is 1030. The number of nitrogens with one attached hydrogen (secondary N) is 3. The summed E-state index contributed by atoms with van der Waals surface area (Å²) in [5, 5.41) is 6.87. The largest absolute Gasteiger partial charge is 0.366 e. The van der Waals surface area contributed by atoms with E-state index >= 15 is 0 Å². The second-order valence-electron chi connectivity index (χ2n) is 6.47. The molecule has 7 nitrogen and oxygen atoms in total. The first-order valence-corrected chi connectivity index (χ1v) is 8.78. The predicted octanol–water partition coefficient (Wildman–Crippen LogP) is 2.56. The van der Waals surface area contributed by atoms with Gasteiger partial charge in [-0.3, -0.25) is 4.40 Å². The summed E-state index contributed by atoms with van der Waals surface area (Å²) in [6.07, 6.45) is 8.57. The molecule has 0 radical (unpaired) electrons. The summed E-state index contributed by atoms with van der Waals surface area (Å²) in [6.45, 7) is 2.04. The molecule has 4 aromatic rings. The molecule has 0 amide bonds. The Labute approximate surface area is 150 Å². The van der Waals surface area contributed by atoms with Crippen molar-refractivity contribution in [3.63, 3.8) is 0 Å². The summed E-state index contributed by atoms with van der Waals surface area (Å²) in [6, 6.07) is 10.6. The maximum Gasteiger partial charge on any atom is 0.137 e. The van der Waals surface area contributed by atoms with E-state index in [9.17, 15) is 0 Å². The maximum atomic E-state index is 4.78. The standard InChI is InChI=1S/C19H19N7/c1-2-15(25-17(3-1)24-14-4-6-20-11-14)16-12-23-18-10-13(5-9-26(16)18)19-21-7-8-22-19/h1-3,5,7-10,12,14,20H,4,6,11H2,(H,21,22)(H,24,25). The van der Waals surface area contributed by atoms with Crippen molar-refractivity contribution in [1.82, 2.24) is 29.7 Å². The number of imidazole rings is 2. The lowest BCUT2D eigenvalue weighted by molar-refractivity contribution is 0.788. The normalized spacial score (nSPS) is 17.0. The van der Waals surface area contributed by atoms with Crippen molar-refractivity contribution in [2.45, 2.75) is 12.5 Å². The van der Waals surface area contributed by atoms with E-state index in [-0.39, 0.29) is 0 Å². The third kappa shape index (κ3) is 2.72. The fourth-order valence-electron chi connectivity index (χ4n) is 3.39. The molecule has 1 saturated heterocycles. The number of fused-ring (bicyclic) bond motifs is 1. The van der Waals surface area contributed by atoms with Gasteiger partial charge in [0.25, 0.3) is 0 Å². The van der Waals surface area contributed by atoms with Crippen LogP contribution in [0.15, 0.2) is 55.1 Å². The SMILES string of the molecule is c1cc(NC2CCNC2)nc(-c2cnc3cc(-c4ncc[nH]4)ccn23)c1. The average molecular weight is 345 g/mol. The van der Waals surface area contributed by atoms with Gasteiger partial charge in [0.1, 0.15) is 17.3 Å². The van der Waals surface area contributed by atoms with Crippen LogP contribution in [0.2, 0.25) is 0 Å². The first kappa shape index (κ1) is 15.1. The summed E-state index contributed by atoms with van der Waals surface area (Å²) < 4.78 is 2.05. The topological polar surface area (TPSA) is 82.9 Å². The van der Waals surface area contributed by atoms with Crippen molar-refractivity contribution in [2.75, 3.05) is 18.4 Å². The molecular formula is C19H19N7. The van der Waals surface area contributed by atoms with Crippen LogP contribution < -0.4 is 10.6 Å². The molecule has 1 aliphatic heterocycles. The molecule has 0 saturated carbocycles. The molecule has 1 atom stereocenters. The van der Waals surface area contributed by atoms with Crippen molar-refractivity contribution in [1.29, 1.82) is 0 Å². The molecule has 5 rings (SSSR count). The molecule has 5 heterocycles. The minimum absolute atomic E-state index is 0.441. The van der Waals surface area contributed by atoms with E-state index < -0.39 is 0 Å². The second kappa shape index (κ2) is 6.27. The predicted molar refractivity (Wildman–Crippen MR) is 101 cm³/mol. The van der Waals surface area contributed by atoms with Crippen LogP contribution in [-0.2, 0) is 0 Å². The number of H-pyrrole nitrogens is 1. The lowest BCUT2D eigenvalue weighted by atomic mass is 10.2. The zero-order chi connectivity index (χ0) is 17.3. The van der Waals surface area contributed by atoms with Gasteiger partial charge in [0.05, 0.1) is 17.6 Å². The summed E-state index contributed by atoms with van der Waals surface area (Å²) >= 11 is 0. The smallest absolute Gasteiger partial charge is 0.137 e. The average Bonchev–Trinajstić information content (AvgIpc) is 3.43. The summed E-state index contributed by atoms with van der Waals surface area (Å²) in [7, 11) is 0. The Kier molecular flexibility index (Phi) is 3.64. The van der Waals surface area contributed by atoms with Gasteiger partial charge in [-0.15, -0.1) is 0 Å². The molecular weight excluding hydrogens is 326 g/mol. The third-order valence-corrected chi connectivity index (χ3v) is 4.71. The number of aromatic nitrogens is 5. The second-order valence-corrected chi connectivity index (χ2v) is 6.47. The number of hydrogen-bond acceptors (Lipinski definition) is 5. The van der Waals surface area contributed by atoms with Crippen LogP contribution in [0.25, 0.3) is 28.4 Å². The Morgan fingerprint density at radius 1 is 1.19 bits per heavy atom. The molecule has 0 aliphatic carbocycles. The van der Waals surface area contributed by atoms with Crippen LogP contribution in [0.3, 0.4) is 0 Å². The number of rotatable bonds is 4. The van der Waals surface area contributed by atoms with Gasteiger partial charge >= 0.3 is 0 Å². The Balaban J connectivity index is 1.49. The molecule has 0 spiro atoms. The van der Waals surface area contributed by atoms with Gasteiger partial charge < -0.3 is 15.6 Å². The molecule has 7 heteroatoms. The van der Waals surface area contributed by atoms with Gasteiger partial charge in [-0.25, -0.2) is 15.0 Å². The lowest BCUT2D eigenvalue weighted by Crippen LogP contribution is -2.22.